The highest BCUT2D eigenvalue weighted by Gasteiger charge is 2.49. The maximum atomic E-state index is 12.5. The summed E-state index contributed by atoms with van der Waals surface area (Å²) in [6.45, 7) is 2.53. The van der Waals surface area contributed by atoms with Crippen LogP contribution in [0.3, 0.4) is 0 Å². The van der Waals surface area contributed by atoms with E-state index in [1.165, 1.54) is 11.3 Å². The Bertz CT molecular complexity index is 937. The van der Waals surface area contributed by atoms with Gasteiger partial charge in [-0.3, -0.25) is 4.79 Å². The van der Waals surface area contributed by atoms with Gasteiger partial charge in [0.15, 0.2) is 10.9 Å². The van der Waals surface area contributed by atoms with Gasteiger partial charge in [-0.25, -0.2) is 9.98 Å². The van der Waals surface area contributed by atoms with Crippen molar-refractivity contribution in [1.82, 2.24) is 10.1 Å². The van der Waals surface area contributed by atoms with E-state index in [9.17, 15) is 4.79 Å². The van der Waals surface area contributed by atoms with Crippen molar-refractivity contribution >= 4 is 40.0 Å². The minimum atomic E-state index is -0.567. The minimum Gasteiger partial charge on any atom is -0.379 e. The van der Waals surface area contributed by atoms with Crippen molar-refractivity contribution in [3.8, 4) is 0 Å². The highest BCUT2D eigenvalue weighted by Crippen LogP contribution is 2.47. The zero-order valence-electron chi connectivity index (χ0n) is 15.4. The molecule has 3 N–H and O–H groups in total. The van der Waals surface area contributed by atoms with E-state index in [0.717, 1.165) is 35.8 Å². The summed E-state index contributed by atoms with van der Waals surface area (Å²) in [5.74, 6) is 2.56. The second-order valence-electron chi connectivity index (χ2n) is 7.62. The maximum Gasteiger partial charge on any atom is 0.279 e. The van der Waals surface area contributed by atoms with Gasteiger partial charge in [-0.15, -0.1) is 11.3 Å². The van der Waals surface area contributed by atoms with Crippen LogP contribution in [0, 0.1) is 5.92 Å². The third-order valence-electron chi connectivity index (χ3n) is 5.48. The molecule has 0 radical (unpaired) electrons. The molecule has 10 heteroatoms. The van der Waals surface area contributed by atoms with Gasteiger partial charge in [0.25, 0.3) is 5.91 Å². The molecule has 2 fully saturated rings. The van der Waals surface area contributed by atoms with E-state index in [1.807, 2.05) is 5.38 Å². The molecule has 1 amide bonds. The number of nitrogens with zero attached hydrogens (tertiary/aromatic N) is 3. The largest absolute Gasteiger partial charge is 0.379 e. The number of fused-ring (bicyclic) bond motifs is 1. The lowest BCUT2D eigenvalue weighted by Gasteiger charge is -2.44. The Morgan fingerprint density at radius 1 is 1.43 bits per heavy atom. The first-order valence-corrected chi connectivity index (χ1v) is 11.2. The van der Waals surface area contributed by atoms with Gasteiger partial charge in [-0.05, 0) is 26.2 Å². The summed E-state index contributed by atoms with van der Waals surface area (Å²) in [7, 11) is 0. The number of nitrogens with one attached hydrogen (secondary N) is 1. The Kier molecular flexibility index (Phi) is 4.44. The van der Waals surface area contributed by atoms with Gasteiger partial charge in [0.1, 0.15) is 22.1 Å². The number of rotatable bonds is 4. The van der Waals surface area contributed by atoms with Crippen LogP contribution in [0.5, 0.6) is 0 Å². The Morgan fingerprint density at radius 3 is 3.11 bits per heavy atom. The first kappa shape index (κ1) is 18.1. The average Bonchev–Trinajstić information content (AvgIpc) is 3.21. The van der Waals surface area contributed by atoms with Crippen molar-refractivity contribution in [2.24, 2.45) is 16.6 Å². The first-order chi connectivity index (χ1) is 13.5. The number of carbonyl (C=O) groups is 1. The van der Waals surface area contributed by atoms with Crippen LogP contribution in [0.25, 0.3) is 0 Å². The standard InChI is InChI=1S/C18H21N5O3S2/c1-9-4-11-6-28-17(19)22-18(11,8-25-9)16-21-14(7-27-16)20-15(24)12-5-13(26-23-12)10-2-3-10/h5,7,9-11H,2-4,6,8H2,1H3,(H2,19,22)(H,20,24)/t9-,11-,18-/m0/s1. The molecular formula is C18H21N5O3S2. The third kappa shape index (κ3) is 3.23. The Hall–Kier alpha value is -1.91. The zero-order chi connectivity index (χ0) is 19.3. The van der Waals surface area contributed by atoms with Crippen molar-refractivity contribution in [3.05, 3.63) is 27.9 Å². The second-order valence-corrected chi connectivity index (χ2v) is 9.52. The smallest absolute Gasteiger partial charge is 0.279 e. The molecule has 2 aromatic rings. The number of aliphatic imine (C=N–C) groups is 1. The molecule has 1 aliphatic carbocycles. The number of hydrogen-bond acceptors (Lipinski definition) is 9. The summed E-state index contributed by atoms with van der Waals surface area (Å²) in [5.41, 5.74) is 5.75. The van der Waals surface area contributed by atoms with Crippen molar-refractivity contribution in [3.63, 3.8) is 0 Å². The van der Waals surface area contributed by atoms with E-state index in [4.69, 9.17) is 20.0 Å². The third-order valence-corrected chi connectivity index (χ3v) is 7.44. The Morgan fingerprint density at radius 2 is 2.29 bits per heavy atom. The van der Waals surface area contributed by atoms with Crippen LogP contribution in [0.1, 0.15) is 53.4 Å². The van der Waals surface area contributed by atoms with E-state index in [1.54, 1.807) is 17.8 Å². The molecular weight excluding hydrogens is 398 g/mol. The number of amidine groups is 1. The van der Waals surface area contributed by atoms with Gasteiger partial charge in [-0.2, -0.15) is 0 Å². The van der Waals surface area contributed by atoms with Crippen LogP contribution in [0.2, 0.25) is 0 Å². The maximum absolute atomic E-state index is 12.5. The first-order valence-electron chi connectivity index (χ1n) is 9.37. The van der Waals surface area contributed by atoms with E-state index >= 15 is 0 Å². The lowest BCUT2D eigenvalue weighted by atomic mass is 9.80. The number of hydrogen-bond donors (Lipinski definition) is 2. The summed E-state index contributed by atoms with van der Waals surface area (Å²) in [6, 6.07) is 1.72. The van der Waals surface area contributed by atoms with E-state index in [0.29, 0.717) is 29.4 Å². The van der Waals surface area contributed by atoms with Crippen LogP contribution in [-0.2, 0) is 10.3 Å². The zero-order valence-corrected chi connectivity index (χ0v) is 17.0. The molecule has 3 aliphatic rings. The van der Waals surface area contributed by atoms with Crippen LogP contribution in [0.4, 0.5) is 5.82 Å². The molecule has 1 saturated carbocycles. The fraction of sp³-hybridized carbons (Fsp3) is 0.556. The summed E-state index contributed by atoms with van der Waals surface area (Å²) < 4.78 is 11.2. The molecule has 5 rings (SSSR count). The lowest BCUT2D eigenvalue weighted by molar-refractivity contribution is -0.0466. The van der Waals surface area contributed by atoms with Gasteiger partial charge in [0.05, 0.1) is 12.7 Å². The monoisotopic (exact) mass is 419 g/mol. The summed E-state index contributed by atoms with van der Waals surface area (Å²) in [6.07, 6.45) is 3.29. The van der Waals surface area contributed by atoms with Crippen LogP contribution >= 0.6 is 23.1 Å². The average molecular weight is 420 g/mol. The van der Waals surface area contributed by atoms with Gasteiger partial charge in [0.2, 0.25) is 0 Å². The minimum absolute atomic E-state index is 0.195. The van der Waals surface area contributed by atoms with E-state index in [2.05, 4.69) is 22.4 Å². The Balaban J connectivity index is 1.37. The van der Waals surface area contributed by atoms with Crippen molar-refractivity contribution < 1.29 is 14.1 Å². The molecule has 2 aliphatic heterocycles. The predicted octanol–water partition coefficient (Wildman–Crippen LogP) is 2.94. The predicted molar refractivity (Wildman–Crippen MR) is 108 cm³/mol. The summed E-state index contributed by atoms with van der Waals surface area (Å²) in [5, 5.41) is 9.90. The van der Waals surface area contributed by atoms with Gasteiger partial charge in [-0.1, -0.05) is 16.9 Å². The van der Waals surface area contributed by atoms with Crippen LogP contribution in [0.15, 0.2) is 21.0 Å². The van der Waals surface area contributed by atoms with Gasteiger partial charge < -0.3 is 20.3 Å². The van der Waals surface area contributed by atoms with Crippen molar-refractivity contribution in [1.29, 1.82) is 0 Å². The summed E-state index contributed by atoms with van der Waals surface area (Å²) >= 11 is 3.06. The van der Waals surface area contributed by atoms with E-state index in [-0.39, 0.29) is 17.7 Å². The fourth-order valence-electron chi connectivity index (χ4n) is 3.75. The van der Waals surface area contributed by atoms with Crippen molar-refractivity contribution in [2.45, 2.75) is 43.7 Å². The van der Waals surface area contributed by atoms with Crippen molar-refractivity contribution in [2.75, 3.05) is 17.7 Å². The molecule has 0 bridgehead atoms. The van der Waals surface area contributed by atoms with Gasteiger partial charge in [0, 0.05) is 29.0 Å². The molecule has 4 heterocycles. The van der Waals surface area contributed by atoms with E-state index < -0.39 is 5.54 Å². The molecule has 0 spiro atoms. The SMILES string of the molecule is C[C@H]1C[C@H]2CSC(N)=N[C@@]2(c2nc(NC(=O)c3cc(C4CC4)on3)cs2)CO1. The number of ether oxygens (including phenoxy) is 1. The number of amides is 1. The lowest BCUT2D eigenvalue weighted by Crippen LogP contribution is -2.49. The number of anilines is 1. The van der Waals surface area contributed by atoms with Crippen LogP contribution in [-0.4, -0.2) is 39.7 Å². The molecule has 148 valence electrons. The highest BCUT2D eigenvalue weighted by molar-refractivity contribution is 8.13. The molecule has 0 aromatic carbocycles. The molecule has 2 aromatic heterocycles. The molecule has 8 nitrogen and oxygen atoms in total. The molecule has 28 heavy (non-hydrogen) atoms. The Labute approximate surface area is 170 Å². The second kappa shape index (κ2) is 6.85. The quantitative estimate of drug-likeness (QED) is 0.783. The summed E-state index contributed by atoms with van der Waals surface area (Å²) in [4.78, 5) is 21.9. The number of aromatic nitrogens is 2. The fourth-order valence-corrected chi connectivity index (χ4v) is 5.72. The van der Waals surface area contributed by atoms with Gasteiger partial charge >= 0.3 is 0 Å². The highest BCUT2D eigenvalue weighted by atomic mass is 32.2. The number of thioether (sulfide) groups is 1. The topological polar surface area (TPSA) is 116 Å². The number of thiazole rings is 1. The number of carbonyl (C=O) groups excluding carboxylic acids is 1. The number of nitrogens with two attached hydrogens (primary N) is 1. The van der Waals surface area contributed by atoms with Crippen LogP contribution < -0.4 is 11.1 Å². The normalized spacial score (nSPS) is 29.8. The molecule has 3 atom stereocenters. The molecule has 0 unspecified atom stereocenters. The molecule has 1 saturated heterocycles.